The molecule has 1 aromatic carbocycles. The second-order valence-corrected chi connectivity index (χ2v) is 6.88. The Morgan fingerprint density at radius 3 is 2.54 bits per heavy atom. The summed E-state index contributed by atoms with van der Waals surface area (Å²) in [6.07, 6.45) is 9.00. The Morgan fingerprint density at radius 1 is 1.08 bits per heavy atom. The molecule has 0 aliphatic heterocycles. The monoisotopic (exact) mass is 354 g/mol. The lowest BCUT2D eigenvalue weighted by molar-refractivity contribution is -0.122. The first-order valence-corrected chi connectivity index (χ1v) is 9.37. The van der Waals surface area contributed by atoms with Crippen LogP contribution in [0.25, 0.3) is 0 Å². The molecule has 1 saturated carbocycles. The molecule has 0 unspecified atom stereocenters. The lowest BCUT2D eigenvalue weighted by Gasteiger charge is -2.25. The van der Waals surface area contributed by atoms with Crippen LogP contribution in [0.3, 0.4) is 0 Å². The summed E-state index contributed by atoms with van der Waals surface area (Å²) in [5.74, 6) is -0.0944. The number of furan rings is 1. The lowest BCUT2D eigenvalue weighted by atomic mass is 9.95. The van der Waals surface area contributed by atoms with Gasteiger partial charge in [-0.25, -0.2) is 0 Å². The summed E-state index contributed by atoms with van der Waals surface area (Å²) >= 11 is 0. The SMILES string of the molecule is O=C(CCN(Cc1ccccc1)C(=O)c1ccoc1)NC1CCCCC1. The van der Waals surface area contributed by atoms with Crippen LogP contribution >= 0.6 is 0 Å². The second kappa shape index (κ2) is 9.22. The Balaban J connectivity index is 1.59. The Morgan fingerprint density at radius 2 is 1.85 bits per heavy atom. The highest BCUT2D eigenvalue weighted by Crippen LogP contribution is 2.17. The van der Waals surface area contributed by atoms with E-state index in [1.54, 1.807) is 11.0 Å². The number of nitrogens with one attached hydrogen (secondary N) is 1. The number of hydrogen-bond acceptors (Lipinski definition) is 3. The summed E-state index contributed by atoms with van der Waals surface area (Å²) in [6, 6.07) is 11.8. The van der Waals surface area contributed by atoms with E-state index in [1.807, 2.05) is 30.3 Å². The fourth-order valence-electron chi connectivity index (χ4n) is 3.41. The van der Waals surface area contributed by atoms with Crippen molar-refractivity contribution in [3.05, 3.63) is 60.1 Å². The van der Waals surface area contributed by atoms with Gasteiger partial charge in [0.25, 0.3) is 5.91 Å². The van der Waals surface area contributed by atoms with Crippen molar-refractivity contribution in [2.24, 2.45) is 0 Å². The summed E-state index contributed by atoms with van der Waals surface area (Å²) in [6.45, 7) is 0.860. The highest BCUT2D eigenvalue weighted by Gasteiger charge is 2.20. The Kier molecular flexibility index (Phi) is 6.47. The first-order chi connectivity index (χ1) is 12.7. The van der Waals surface area contributed by atoms with Crippen LogP contribution in [0.1, 0.15) is 54.4 Å². The molecule has 1 aliphatic carbocycles. The van der Waals surface area contributed by atoms with Gasteiger partial charge in [-0.1, -0.05) is 49.6 Å². The third kappa shape index (κ3) is 5.22. The maximum Gasteiger partial charge on any atom is 0.257 e. The highest BCUT2D eigenvalue weighted by atomic mass is 16.3. The molecule has 138 valence electrons. The maximum absolute atomic E-state index is 12.7. The van der Waals surface area contributed by atoms with Gasteiger partial charge in [0.15, 0.2) is 0 Å². The fourth-order valence-corrected chi connectivity index (χ4v) is 3.41. The van der Waals surface area contributed by atoms with Gasteiger partial charge in [0, 0.05) is 25.6 Å². The normalized spacial score (nSPS) is 14.8. The largest absolute Gasteiger partial charge is 0.472 e. The van der Waals surface area contributed by atoms with Crippen LogP contribution < -0.4 is 5.32 Å². The third-order valence-electron chi connectivity index (χ3n) is 4.85. The molecule has 2 amide bonds. The Labute approximate surface area is 154 Å². The van der Waals surface area contributed by atoms with Gasteiger partial charge in [-0.15, -0.1) is 0 Å². The first-order valence-electron chi connectivity index (χ1n) is 9.37. The molecule has 0 spiro atoms. The van der Waals surface area contributed by atoms with Gasteiger partial charge in [0.2, 0.25) is 5.91 Å². The van der Waals surface area contributed by atoms with Crippen LogP contribution in [-0.4, -0.2) is 29.3 Å². The molecule has 3 rings (SSSR count). The number of nitrogens with zero attached hydrogens (tertiary/aromatic N) is 1. The Bertz CT molecular complexity index is 691. The minimum Gasteiger partial charge on any atom is -0.472 e. The number of carbonyl (C=O) groups excluding carboxylic acids is 2. The number of rotatable bonds is 7. The van der Waals surface area contributed by atoms with Crippen LogP contribution in [0.2, 0.25) is 0 Å². The molecule has 1 heterocycles. The van der Waals surface area contributed by atoms with Gasteiger partial charge in [0.05, 0.1) is 11.8 Å². The summed E-state index contributed by atoms with van der Waals surface area (Å²) in [5, 5.41) is 3.12. The summed E-state index contributed by atoms with van der Waals surface area (Å²) < 4.78 is 5.04. The van der Waals surface area contributed by atoms with Crippen molar-refractivity contribution in [2.75, 3.05) is 6.54 Å². The molecule has 5 nitrogen and oxygen atoms in total. The van der Waals surface area contributed by atoms with E-state index in [1.165, 1.54) is 31.8 Å². The Hall–Kier alpha value is -2.56. The van der Waals surface area contributed by atoms with Gasteiger partial charge < -0.3 is 14.6 Å². The molecule has 2 aromatic rings. The summed E-state index contributed by atoms with van der Waals surface area (Å²) in [4.78, 5) is 26.8. The van der Waals surface area contributed by atoms with Gasteiger partial charge in [-0.2, -0.15) is 0 Å². The molecule has 1 N–H and O–H groups in total. The zero-order chi connectivity index (χ0) is 18.2. The first kappa shape index (κ1) is 18.2. The molecule has 0 atom stereocenters. The molecule has 1 fully saturated rings. The van der Waals surface area contributed by atoms with Crippen molar-refractivity contribution >= 4 is 11.8 Å². The fraction of sp³-hybridized carbons (Fsp3) is 0.429. The number of hydrogen-bond donors (Lipinski definition) is 1. The molecule has 0 saturated heterocycles. The van der Waals surface area contributed by atoms with Gasteiger partial charge in [0.1, 0.15) is 6.26 Å². The van der Waals surface area contributed by atoms with Crippen LogP contribution in [0.4, 0.5) is 0 Å². The van der Waals surface area contributed by atoms with Crippen LogP contribution in [-0.2, 0) is 11.3 Å². The van der Waals surface area contributed by atoms with E-state index in [0.717, 1.165) is 18.4 Å². The molecule has 5 heteroatoms. The molecule has 26 heavy (non-hydrogen) atoms. The van der Waals surface area contributed by atoms with E-state index in [9.17, 15) is 9.59 Å². The topological polar surface area (TPSA) is 62.6 Å². The average Bonchev–Trinajstić information content (AvgIpc) is 3.21. The molecule has 0 bridgehead atoms. The minimum absolute atomic E-state index is 0.0231. The summed E-state index contributed by atoms with van der Waals surface area (Å²) in [7, 11) is 0. The number of benzene rings is 1. The van der Waals surface area contributed by atoms with Crippen molar-refractivity contribution in [2.45, 2.75) is 51.1 Å². The van der Waals surface area contributed by atoms with Crippen LogP contribution in [0, 0.1) is 0 Å². The van der Waals surface area contributed by atoms with E-state index in [-0.39, 0.29) is 11.8 Å². The maximum atomic E-state index is 12.7. The van der Waals surface area contributed by atoms with Crippen molar-refractivity contribution in [3.8, 4) is 0 Å². The van der Waals surface area contributed by atoms with Gasteiger partial charge in [-0.3, -0.25) is 9.59 Å². The van der Waals surface area contributed by atoms with Crippen LogP contribution in [0.15, 0.2) is 53.3 Å². The van der Waals surface area contributed by atoms with E-state index >= 15 is 0 Å². The smallest absolute Gasteiger partial charge is 0.257 e. The van der Waals surface area contributed by atoms with E-state index in [0.29, 0.717) is 31.1 Å². The molecular weight excluding hydrogens is 328 g/mol. The zero-order valence-corrected chi connectivity index (χ0v) is 15.0. The predicted molar refractivity (Wildman–Crippen MR) is 99.5 cm³/mol. The van der Waals surface area contributed by atoms with Gasteiger partial charge >= 0.3 is 0 Å². The average molecular weight is 354 g/mol. The standard InChI is InChI=1S/C21H26N2O3/c24-20(22-19-9-5-2-6-10-19)11-13-23(15-17-7-3-1-4-8-17)21(25)18-12-14-26-16-18/h1,3-4,7-8,12,14,16,19H,2,5-6,9-11,13,15H2,(H,22,24). The molecule has 1 aliphatic rings. The van der Waals surface area contributed by atoms with E-state index in [4.69, 9.17) is 4.42 Å². The van der Waals surface area contributed by atoms with Crippen molar-refractivity contribution in [1.82, 2.24) is 10.2 Å². The summed E-state index contributed by atoms with van der Waals surface area (Å²) in [5.41, 5.74) is 1.55. The quantitative estimate of drug-likeness (QED) is 0.823. The third-order valence-corrected chi connectivity index (χ3v) is 4.85. The predicted octanol–water partition coefficient (Wildman–Crippen LogP) is 3.76. The number of amides is 2. The van der Waals surface area contributed by atoms with Gasteiger partial charge in [-0.05, 0) is 24.5 Å². The van der Waals surface area contributed by atoms with Crippen molar-refractivity contribution in [1.29, 1.82) is 0 Å². The van der Waals surface area contributed by atoms with E-state index < -0.39 is 0 Å². The molecule has 1 aromatic heterocycles. The van der Waals surface area contributed by atoms with E-state index in [2.05, 4.69) is 5.32 Å². The molecule has 0 radical (unpaired) electrons. The van der Waals surface area contributed by atoms with Crippen LogP contribution in [0.5, 0.6) is 0 Å². The lowest BCUT2D eigenvalue weighted by Crippen LogP contribution is -2.39. The number of carbonyl (C=O) groups is 2. The highest BCUT2D eigenvalue weighted by molar-refractivity contribution is 5.94. The second-order valence-electron chi connectivity index (χ2n) is 6.88. The van der Waals surface area contributed by atoms with Crippen molar-refractivity contribution < 1.29 is 14.0 Å². The molecular formula is C21H26N2O3. The van der Waals surface area contributed by atoms with Crippen molar-refractivity contribution in [3.63, 3.8) is 0 Å². The minimum atomic E-state index is -0.118. The zero-order valence-electron chi connectivity index (χ0n) is 15.0.